The van der Waals surface area contributed by atoms with Gasteiger partial charge in [0.1, 0.15) is 6.61 Å². The number of nitrogens with zero attached hydrogens (tertiary/aromatic N) is 1. The minimum Gasteiger partial charge on any atom is -0.392 e. The minimum absolute atomic E-state index is 0.429. The molecule has 0 saturated heterocycles. The zero-order chi connectivity index (χ0) is 14.8. The Morgan fingerprint density at radius 1 is 0.905 bits per heavy atom. The number of halogens is 1. The Kier molecular flexibility index (Phi) is 6.30. The van der Waals surface area contributed by atoms with E-state index in [2.05, 4.69) is 5.16 Å². The van der Waals surface area contributed by atoms with Crippen molar-refractivity contribution in [1.82, 2.24) is 0 Å². The molecule has 0 spiro atoms. The van der Waals surface area contributed by atoms with Crippen molar-refractivity contribution < 1.29 is 4.84 Å². The monoisotopic (exact) mass is 297 g/mol. The maximum Gasteiger partial charge on any atom is 0.135 e. The van der Waals surface area contributed by atoms with Crippen LogP contribution in [0.25, 0.3) is 12.2 Å². The van der Waals surface area contributed by atoms with Gasteiger partial charge in [-0.05, 0) is 35.4 Å². The Balaban J connectivity index is 1.68. The molecule has 106 valence electrons. The van der Waals surface area contributed by atoms with Crippen molar-refractivity contribution in [2.45, 2.75) is 0 Å². The summed E-state index contributed by atoms with van der Waals surface area (Å²) >= 11 is 5.81. The van der Waals surface area contributed by atoms with E-state index >= 15 is 0 Å². The first-order chi connectivity index (χ1) is 10.3. The van der Waals surface area contributed by atoms with Gasteiger partial charge in [0.05, 0.1) is 6.21 Å². The molecule has 0 atom stereocenters. The second kappa shape index (κ2) is 8.77. The summed E-state index contributed by atoms with van der Waals surface area (Å²) in [5, 5.41) is 4.58. The largest absolute Gasteiger partial charge is 0.392 e. The maximum absolute atomic E-state index is 5.81. The van der Waals surface area contributed by atoms with Crippen LogP contribution in [0.5, 0.6) is 0 Å². The fraction of sp³-hybridized carbons (Fsp3) is 0.0556. The van der Waals surface area contributed by atoms with Crippen molar-refractivity contribution in [3.63, 3.8) is 0 Å². The van der Waals surface area contributed by atoms with Crippen LogP contribution in [0.4, 0.5) is 0 Å². The first kappa shape index (κ1) is 15.1. The summed E-state index contributed by atoms with van der Waals surface area (Å²) in [7, 11) is 0. The van der Waals surface area contributed by atoms with E-state index < -0.39 is 0 Å². The SMILES string of the molecule is Clc1ccc(C=CCON=CC=Cc2ccccc2)cc1. The van der Waals surface area contributed by atoms with Gasteiger partial charge in [-0.3, -0.25) is 0 Å². The third-order valence-electron chi connectivity index (χ3n) is 2.66. The predicted octanol–water partition coefficient (Wildman–Crippen LogP) is 5.07. The first-order valence-electron chi connectivity index (χ1n) is 6.64. The fourth-order valence-corrected chi connectivity index (χ4v) is 1.77. The second-order valence-electron chi connectivity index (χ2n) is 4.27. The zero-order valence-electron chi connectivity index (χ0n) is 11.5. The summed E-state index contributed by atoms with van der Waals surface area (Å²) in [5.41, 5.74) is 2.21. The van der Waals surface area contributed by atoms with Gasteiger partial charge in [-0.2, -0.15) is 0 Å². The Bertz CT molecular complexity index is 615. The maximum atomic E-state index is 5.81. The number of benzene rings is 2. The van der Waals surface area contributed by atoms with Gasteiger partial charge in [0.2, 0.25) is 0 Å². The van der Waals surface area contributed by atoms with Crippen molar-refractivity contribution in [2.75, 3.05) is 6.61 Å². The molecule has 0 heterocycles. The van der Waals surface area contributed by atoms with Crippen LogP contribution in [-0.4, -0.2) is 12.8 Å². The Labute approximate surface area is 130 Å². The van der Waals surface area contributed by atoms with E-state index in [9.17, 15) is 0 Å². The van der Waals surface area contributed by atoms with Gasteiger partial charge in [0.25, 0.3) is 0 Å². The summed E-state index contributed by atoms with van der Waals surface area (Å²) in [6, 6.07) is 17.6. The molecule has 0 unspecified atom stereocenters. The Hall–Kier alpha value is -2.32. The summed E-state index contributed by atoms with van der Waals surface area (Å²) < 4.78 is 0. The molecule has 21 heavy (non-hydrogen) atoms. The van der Waals surface area contributed by atoms with E-state index in [0.717, 1.165) is 16.1 Å². The van der Waals surface area contributed by atoms with Gasteiger partial charge < -0.3 is 4.84 Å². The highest BCUT2D eigenvalue weighted by Gasteiger charge is 1.87. The van der Waals surface area contributed by atoms with E-state index in [1.807, 2.05) is 78.9 Å². The minimum atomic E-state index is 0.429. The fourth-order valence-electron chi connectivity index (χ4n) is 1.64. The number of allylic oxidation sites excluding steroid dienone is 1. The number of hydrogen-bond donors (Lipinski definition) is 0. The third-order valence-corrected chi connectivity index (χ3v) is 2.91. The summed E-state index contributed by atoms with van der Waals surface area (Å²) in [6.45, 7) is 0.429. The highest BCUT2D eigenvalue weighted by molar-refractivity contribution is 6.30. The normalized spacial score (nSPS) is 11.7. The van der Waals surface area contributed by atoms with Crippen molar-refractivity contribution in [3.05, 3.63) is 82.9 Å². The van der Waals surface area contributed by atoms with E-state index in [1.54, 1.807) is 6.21 Å². The van der Waals surface area contributed by atoms with Crippen LogP contribution in [0.3, 0.4) is 0 Å². The molecule has 0 aliphatic heterocycles. The quantitative estimate of drug-likeness (QED) is 0.414. The van der Waals surface area contributed by atoms with Gasteiger partial charge in [0.15, 0.2) is 0 Å². The molecule has 0 aliphatic rings. The predicted molar refractivity (Wildman–Crippen MR) is 90.4 cm³/mol. The summed E-state index contributed by atoms with van der Waals surface area (Å²) in [6.07, 6.45) is 9.31. The van der Waals surface area contributed by atoms with Gasteiger partial charge in [0, 0.05) is 5.02 Å². The smallest absolute Gasteiger partial charge is 0.135 e. The standard InChI is InChI=1S/C18H16ClNO/c19-18-12-10-17(11-13-18)9-5-15-21-20-14-4-8-16-6-2-1-3-7-16/h1-14H,15H2. The Morgan fingerprint density at radius 2 is 1.62 bits per heavy atom. The van der Waals surface area contributed by atoms with E-state index in [0.29, 0.717) is 6.61 Å². The van der Waals surface area contributed by atoms with E-state index in [-0.39, 0.29) is 0 Å². The third kappa shape index (κ3) is 6.11. The van der Waals surface area contributed by atoms with E-state index in [1.165, 1.54) is 0 Å². The first-order valence-corrected chi connectivity index (χ1v) is 7.01. The average Bonchev–Trinajstić information content (AvgIpc) is 2.53. The summed E-state index contributed by atoms with van der Waals surface area (Å²) in [5.74, 6) is 0. The molecule has 0 radical (unpaired) electrons. The second-order valence-corrected chi connectivity index (χ2v) is 4.71. The lowest BCUT2D eigenvalue weighted by atomic mass is 10.2. The van der Waals surface area contributed by atoms with Gasteiger partial charge in [-0.25, -0.2) is 0 Å². The number of hydrogen-bond acceptors (Lipinski definition) is 2. The number of oxime groups is 1. The van der Waals surface area contributed by atoms with Gasteiger partial charge >= 0.3 is 0 Å². The number of rotatable bonds is 6. The molecule has 0 amide bonds. The lowest BCUT2D eigenvalue weighted by Gasteiger charge is -1.94. The van der Waals surface area contributed by atoms with Gasteiger partial charge in [-0.15, -0.1) is 0 Å². The van der Waals surface area contributed by atoms with Crippen LogP contribution < -0.4 is 0 Å². The highest BCUT2D eigenvalue weighted by atomic mass is 35.5. The highest BCUT2D eigenvalue weighted by Crippen LogP contribution is 2.10. The van der Waals surface area contributed by atoms with E-state index in [4.69, 9.17) is 16.4 Å². The molecule has 2 nitrogen and oxygen atoms in total. The molecule has 0 N–H and O–H groups in total. The molecule has 3 heteroatoms. The molecular formula is C18H16ClNO. The van der Waals surface area contributed by atoms with Crippen LogP contribution in [0.2, 0.25) is 5.02 Å². The van der Waals surface area contributed by atoms with Crippen molar-refractivity contribution in [1.29, 1.82) is 0 Å². The molecular weight excluding hydrogens is 282 g/mol. The molecule has 0 aromatic heterocycles. The lowest BCUT2D eigenvalue weighted by Crippen LogP contribution is -1.82. The topological polar surface area (TPSA) is 21.6 Å². The zero-order valence-corrected chi connectivity index (χ0v) is 12.3. The van der Waals surface area contributed by atoms with Gasteiger partial charge in [-0.1, -0.05) is 71.4 Å². The molecule has 0 aliphatic carbocycles. The molecule has 2 aromatic carbocycles. The lowest BCUT2D eigenvalue weighted by molar-refractivity contribution is 0.177. The Morgan fingerprint density at radius 3 is 2.38 bits per heavy atom. The van der Waals surface area contributed by atoms with Crippen molar-refractivity contribution in [3.8, 4) is 0 Å². The molecule has 0 saturated carbocycles. The molecule has 2 aromatic rings. The summed E-state index contributed by atoms with van der Waals surface area (Å²) in [4.78, 5) is 5.12. The van der Waals surface area contributed by atoms with Crippen LogP contribution in [0, 0.1) is 0 Å². The van der Waals surface area contributed by atoms with Crippen LogP contribution in [0.15, 0.2) is 71.9 Å². The van der Waals surface area contributed by atoms with Crippen LogP contribution in [-0.2, 0) is 4.84 Å². The molecule has 2 rings (SSSR count). The van der Waals surface area contributed by atoms with Crippen molar-refractivity contribution >= 4 is 30.0 Å². The molecule has 0 fully saturated rings. The van der Waals surface area contributed by atoms with Crippen LogP contribution in [0.1, 0.15) is 11.1 Å². The molecule has 0 bridgehead atoms. The van der Waals surface area contributed by atoms with Crippen molar-refractivity contribution in [2.24, 2.45) is 5.16 Å². The average molecular weight is 298 g/mol. The van der Waals surface area contributed by atoms with Crippen LogP contribution >= 0.6 is 11.6 Å².